The van der Waals surface area contributed by atoms with Gasteiger partial charge in [0, 0.05) is 44.8 Å². The molecule has 3 saturated heterocycles. The standard InChI is InChI=1S/C41H53N5O2S2/c47-38-18-16-31(17-19-38)22-37-29-46(41(50)45(37)26-32-11-5-2-6-12-32)36(23-33-13-7-15-39(48)24-33)27-43-20-8-14-34(43)28-44-35(25-42-40(44)49)21-30-9-3-1-4-10-30/h1,3-4,7,9-10,13,15-19,24,32,34-37,47-48H,2,5-6,8,11-12,14,20-23,25-29H2,(H,42,49)/t34-,35+,36+,37+/m1/s1. The Labute approximate surface area is 309 Å². The maximum Gasteiger partial charge on any atom is 0.172 e. The molecular formula is C41H53N5O2S2. The quantitative estimate of drug-likeness (QED) is 0.176. The van der Waals surface area contributed by atoms with Crippen LogP contribution < -0.4 is 5.32 Å². The van der Waals surface area contributed by atoms with Crippen LogP contribution in [0.15, 0.2) is 78.9 Å². The molecule has 3 N–H and O–H groups in total. The van der Waals surface area contributed by atoms with Crippen molar-refractivity contribution in [1.29, 1.82) is 0 Å². The SMILES string of the molecule is Oc1ccc(C[C@H]2CN([C@@H](Cc3cccc(O)c3)CN3CCC[C@@H]3CN3C(=S)NC[C@@H]3Cc3ccccc3)C(=S)N2CC2CCCCC2)cc1. The first-order valence-electron chi connectivity index (χ1n) is 18.8. The average molecular weight is 712 g/mol. The van der Waals surface area contributed by atoms with Gasteiger partial charge in [0.1, 0.15) is 11.5 Å². The summed E-state index contributed by atoms with van der Waals surface area (Å²) in [4.78, 5) is 10.2. The van der Waals surface area contributed by atoms with Gasteiger partial charge in [0.05, 0.1) is 12.1 Å². The minimum atomic E-state index is 0.173. The summed E-state index contributed by atoms with van der Waals surface area (Å²) in [5.74, 6) is 1.30. The lowest BCUT2D eigenvalue weighted by Crippen LogP contribution is -2.51. The van der Waals surface area contributed by atoms with Crippen LogP contribution in [0, 0.1) is 5.92 Å². The number of hydrogen-bond donors (Lipinski definition) is 3. The second-order valence-electron chi connectivity index (χ2n) is 15.1. The Morgan fingerprint density at radius 1 is 0.700 bits per heavy atom. The van der Waals surface area contributed by atoms with Crippen LogP contribution in [-0.4, -0.2) is 103 Å². The van der Waals surface area contributed by atoms with Crippen LogP contribution in [0.4, 0.5) is 0 Å². The van der Waals surface area contributed by atoms with Crippen LogP contribution in [-0.2, 0) is 19.3 Å². The molecule has 266 valence electrons. The fourth-order valence-electron chi connectivity index (χ4n) is 8.94. The molecular weight excluding hydrogens is 659 g/mol. The molecule has 0 spiro atoms. The van der Waals surface area contributed by atoms with Crippen molar-refractivity contribution in [3.05, 3.63) is 95.6 Å². The molecule has 0 radical (unpaired) electrons. The summed E-state index contributed by atoms with van der Waals surface area (Å²) in [6.45, 7) is 5.72. The number of aromatic hydroxyl groups is 2. The third-order valence-corrected chi connectivity index (χ3v) is 12.5. The summed E-state index contributed by atoms with van der Waals surface area (Å²) in [6.07, 6.45) is 11.6. The maximum atomic E-state index is 10.4. The zero-order chi connectivity index (χ0) is 34.5. The molecule has 1 aliphatic carbocycles. The molecule has 0 bridgehead atoms. The number of nitrogens with zero attached hydrogens (tertiary/aromatic N) is 4. The Kier molecular flexibility index (Phi) is 11.4. The van der Waals surface area contributed by atoms with Crippen LogP contribution in [0.2, 0.25) is 0 Å². The third kappa shape index (κ3) is 8.55. The Morgan fingerprint density at radius 3 is 2.22 bits per heavy atom. The fourth-order valence-corrected chi connectivity index (χ4v) is 9.69. The molecule has 0 unspecified atom stereocenters. The van der Waals surface area contributed by atoms with E-state index in [1.165, 1.54) is 49.7 Å². The van der Waals surface area contributed by atoms with Crippen molar-refractivity contribution in [2.75, 3.05) is 39.3 Å². The average Bonchev–Trinajstić information content (AvgIpc) is 3.80. The van der Waals surface area contributed by atoms with Gasteiger partial charge in [0.25, 0.3) is 0 Å². The molecule has 7 nitrogen and oxygen atoms in total. The minimum absolute atomic E-state index is 0.173. The number of rotatable bonds is 13. The van der Waals surface area contributed by atoms with E-state index in [1.807, 2.05) is 12.1 Å². The van der Waals surface area contributed by atoms with E-state index in [0.717, 1.165) is 80.7 Å². The van der Waals surface area contributed by atoms with Crippen molar-refractivity contribution in [1.82, 2.24) is 24.9 Å². The van der Waals surface area contributed by atoms with E-state index in [-0.39, 0.29) is 12.1 Å². The number of nitrogens with one attached hydrogen (secondary N) is 1. The van der Waals surface area contributed by atoms with Crippen LogP contribution >= 0.6 is 24.4 Å². The summed E-state index contributed by atoms with van der Waals surface area (Å²) >= 11 is 12.3. The van der Waals surface area contributed by atoms with E-state index in [4.69, 9.17) is 24.4 Å². The molecule has 3 aliphatic heterocycles. The highest BCUT2D eigenvalue weighted by atomic mass is 32.1. The molecule has 3 aromatic carbocycles. The van der Waals surface area contributed by atoms with Crippen molar-refractivity contribution in [2.24, 2.45) is 5.92 Å². The highest BCUT2D eigenvalue weighted by Gasteiger charge is 2.41. The van der Waals surface area contributed by atoms with E-state index in [2.05, 4.69) is 73.4 Å². The Hall–Kier alpha value is -3.40. The molecule has 4 fully saturated rings. The van der Waals surface area contributed by atoms with Gasteiger partial charge in [-0.05, 0) is 123 Å². The predicted octanol–water partition coefficient (Wildman–Crippen LogP) is 6.37. The topological polar surface area (TPSA) is 65.5 Å². The zero-order valence-electron chi connectivity index (χ0n) is 29.2. The highest BCUT2D eigenvalue weighted by Crippen LogP contribution is 2.32. The predicted molar refractivity (Wildman–Crippen MR) is 210 cm³/mol. The summed E-state index contributed by atoms with van der Waals surface area (Å²) < 4.78 is 0. The van der Waals surface area contributed by atoms with Gasteiger partial charge in [-0.1, -0.05) is 73.9 Å². The lowest BCUT2D eigenvalue weighted by atomic mass is 9.88. The highest BCUT2D eigenvalue weighted by molar-refractivity contribution is 7.80. The summed E-state index contributed by atoms with van der Waals surface area (Å²) in [7, 11) is 0. The summed E-state index contributed by atoms with van der Waals surface area (Å²) in [5.41, 5.74) is 3.73. The zero-order valence-corrected chi connectivity index (χ0v) is 30.8. The lowest BCUT2D eigenvalue weighted by Gasteiger charge is -2.37. The molecule has 4 atom stereocenters. The van der Waals surface area contributed by atoms with Crippen LogP contribution in [0.5, 0.6) is 11.5 Å². The molecule has 0 aromatic heterocycles. The Bertz CT molecular complexity index is 1580. The molecule has 9 heteroatoms. The normalized spacial score (nSPS) is 23.9. The monoisotopic (exact) mass is 711 g/mol. The number of thiocarbonyl (C=S) groups is 2. The molecule has 1 saturated carbocycles. The molecule has 4 aliphatic rings. The van der Waals surface area contributed by atoms with Crippen molar-refractivity contribution in [3.8, 4) is 11.5 Å². The summed E-state index contributed by atoms with van der Waals surface area (Å²) in [6, 6.07) is 27.5. The van der Waals surface area contributed by atoms with Crippen molar-refractivity contribution in [2.45, 2.75) is 88.4 Å². The van der Waals surface area contributed by atoms with Gasteiger partial charge < -0.3 is 30.2 Å². The van der Waals surface area contributed by atoms with E-state index in [9.17, 15) is 10.2 Å². The van der Waals surface area contributed by atoms with Gasteiger partial charge in [-0.25, -0.2) is 0 Å². The molecule has 0 amide bonds. The van der Waals surface area contributed by atoms with E-state index in [0.29, 0.717) is 29.5 Å². The van der Waals surface area contributed by atoms with E-state index < -0.39 is 0 Å². The largest absolute Gasteiger partial charge is 0.508 e. The van der Waals surface area contributed by atoms with Gasteiger partial charge in [-0.2, -0.15) is 0 Å². The van der Waals surface area contributed by atoms with Gasteiger partial charge >= 0.3 is 0 Å². The van der Waals surface area contributed by atoms with Gasteiger partial charge in [-0.15, -0.1) is 0 Å². The van der Waals surface area contributed by atoms with E-state index in [1.54, 1.807) is 18.2 Å². The number of likely N-dealkylation sites (tertiary alicyclic amines) is 1. The molecule has 50 heavy (non-hydrogen) atoms. The van der Waals surface area contributed by atoms with Crippen molar-refractivity contribution in [3.63, 3.8) is 0 Å². The number of phenols is 2. The van der Waals surface area contributed by atoms with E-state index >= 15 is 0 Å². The second kappa shape index (κ2) is 16.3. The summed E-state index contributed by atoms with van der Waals surface area (Å²) in [5, 5.41) is 25.8. The first-order chi connectivity index (χ1) is 24.4. The number of phenolic OH excluding ortho intramolecular Hbond substituents is 2. The second-order valence-corrected chi connectivity index (χ2v) is 15.9. The van der Waals surface area contributed by atoms with Gasteiger partial charge in [-0.3, -0.25) is 4.90 Å². The first-order valence-corrected chi connectivity index (χ1v) is 19.7. The smallest absolute Gasteiger partial charge is 0.172 e. The molecule has 3 aromatic rings. The lowest BCUT2D eigenvalue weighted by molar-refractivity contribution is 0.159. The van der Waals surface area contributed by atoms with Gasteiger partial charge in [0.2, 0.25) is 0 Å². The first kappa shape index (κ1) is 35.0. The molecule has 7 rings (SSSR count). The maximum absolute atomic E-state index is 10.4. The van der Waals surface area contributed by atoms with Gasteiger partial charge in [0.15, 0.2) is 10.2 Å². The number of hydrogen-bond acceptors (Lipinski definition) is 5. The third-order valence-electron chi connectivity index (χ3n) is 11.6. The molecule has 3 heterocycles. The van der Waals surface area contributed by atoms with Crippen molar-refractivity contribution < 1.29 is 10.2 Å². The minimum Gasteiger partial charge on any atom is -0.508 e. The Balaban J connectivity index is 1.11. The number of benzene rings is 3. The Morgan fingerprint density at radius 2 is 1.44 bits per heavy atom. The van der Waals surface area contributed by atoms with Crippen molar-refractivity contribution >= 4 is 34.7 Å². The van der Waals surface area contributed by atoms with Crippen LogP contribution in [0.25, 0.3) is 0 Å². The van der Waals surface area contributed by atoms with Crippen LogP contribution in [0.3, 0.4) is 0 Å². The van der Waals surface area contributed by atoms with Crippen LogP contribution in [0.1, 0.15) is 61.6 Å². The fraction of sp³-hybridized carbons (Fsp3) is 0.512.